The SMILES string of the molecule is CCc1cc(C2CC2)n(-c2ccc(C3=NN(C(=O)NC)[C@@H](C)Cc4ccc(OC)cc43)cc2)n1. The van der Waals surface area contributed by atoms with E-state index in [0.29, 0.717) is 12.3 Å². The highest BCUT2D eigenvalue weighted by molar-refractivity contribution is 6.14. The molecule has 0 spiro atoms. The van der Waals surface area contributed by atoms with Crippen LogP contribution in [0.3, 0.4) is 0 Å². The van der Waals surface area contributed by atoms with E-state index < -0.39 is 0 Å². The van der Waals surface area contributed by atoms with Crippen LogP contribution in [0.4, 0.5) is 4.79 Å². The molecule has 1 fully saturated rings. The quantitative estimate of drug-likeness (QED) is 0.606. The Morgan fingerprint density at radius 1 is 1.15 bits per heavy atom. The minimum Gasteiger partial charge on any atom is -0.497 e. The van der Waals surface area contributed by atoms with E-state index in [1.54, 1.807) is 19.2 Å². The first-order valence-electron chi connectivity index (χ1n) is 12.0. The number of urea groups is 1. The molecule has 7 nitrogen and oxygen atoms in total. The molecular formula is C27H31N5O2. The monoisotopic (exact) mass is 457 g/mol. The van der Waals surface area contributed by atoms with Crippen LogP contribution in [0.2, 0.25) is 0 Å². The van der Waals surface area contributed by atoms with Gasteiger partial charge in [-0.05, 0) is 68.5 Å². The molecule has 1 aromatic heterocycles. The lowest BCUT2D eigenvalue weighted by molar-refractivity contribution is 0.184. The van der Waals surface area contributed by atoms with E-state index in [4.69, 9.17) is 14.9 Å². The number of carbonyl (C=O) groups excluding carboxylic acids is 1. The lowest BCUT2D eigenvalue weighted by Gasteiger charge is -2.22. The molecule has 1 N–H and O–H groups in total. The summed E-state index contributed by atoms with van der Waals surface area (Å²) in [6.45, 7) is 4.16. The predicted octanol–water partition coefficient (Wildman–Crippen LogP) is 4.66. The molecule has 0 radical (unpaired) electrons. The lowest BCUT2D eigenvalue weighted by Crippen LogP contribution is -2.41. The van der Waals surface area contributed by atoms with Crippen molar-refractivity contribution in [1.29, 1.82) is 0 Å². The second-order valence-corrected chi connectivity index (χ2v) is 9.07. The van der Waals surface area contributed by atoms with Crippen molar-refractivity contribution in [3.8, 4) is 11.4 Å². The molecule has 176 valence electrons. The Hall–Kier alpha value is -3.61. The Kier molecular flexibility index (Phi) is 5.86. The van der Waals surface area contributed by atoms with E-state index in [0.717, 1.165) is 46.0 Å². The number of methoxy groups -OCH3 is 1. The number of rotatable bonds is 5. The van der Waals surface area contributed by atoms with Gasteiger partial charge in [-0.2, -0.15) is 10.2 Å². The summed E-state index contributed by atoms with van der Waals surface area (Å²) in [4.78, 5) is 12.6. The second kappa shape index (κ2) is 8.97. The Bertz CT molecular complexity index is 1240. The Morgan fingerprint density at radius 2 is 1.91 bits per heavy atom. The van der Waals surface area contributed by atoms with Gasteiger partial charge in [0.1, 0.15) is 5.75 Å². The fraction of sp³-hybridized carbons (Fsp3) is 0.370. The minimum atomic E-state index is -0.223. The molecule has 0 saturated heterocycles. The van der Waals surface area contributed by atoms with Crippen LogP contribution < -0.4 is 10.1 Å². The van der Waals surface area contributed by atoms with E-state index in [2.05, 4.69) is 53.3 Å². The van der Waals surface area contributed by atoms with E-state index in [-0.39, 0.29) is 12.1 Å². The third kappa shape index (κ3) is 4.06. The largest absolute Gasteiger partial charge is 0.497 e. The summed E-state index contributed by atoms with van der Waals surface area (Å²) in [6.07, 6.45) is 4.09. The van der Waals surface area contributed by atoms with E-state index in [9.17, 15) is 4.79 Å². The Morgan fingerprint density at radius 3 is 2.56 bits per heavy atom. The minimum absolute atomic E-state index is 0.0819. The second-order valence-electron chi connectivity index (χ2n) is 9.07. The number of hydrogen-bond donors (Lipinski definition) is 1. The number of nitrogens with zero attached hydrogens (tertiary/aromatic N) is 4. The summed E-state index contributed by atoms with van der Waals surface area (Å²) < 4.78 is 7.59. The molecule has 2 aliphatic rings. The van der Waals surface area contributed by atoms with Crippen LogP contribution in [0.1, 0.15) is 60.7 Å². The fourth-order valence-corrected chi connectivity index (χ4v) is 4.58. The highest BCUT2D eigenvalue weighted by Gasteiger charge is 2.29. The van der Waals surface area contributed by atoms with Crippen LogP contribution in [-0.2, 0) is 12.8 Å². The van der Waals surface area contributed by atoms with Crippen LogP contribution in [0.25, 0.3) is 5.69 Å². The molecule has 0 unspecified atom stereocenters. The number of nitrogens with one attached hydrogen (secondary N) is 1. The number of fused-ring (bicyclic) bond motifs is 1. The van der Waals surface area contributed by atoms with Gasteiger partial charge in [-0.15, -0.1) is 0 Å². The molecule has 7 heteroatoms. The van der Waals surface area contributed by atoms with Crippen molar-refractivity contribution in [2.45, 2.75) is 51.5 Å². The normalized spacial score (nSPS) is 17.6. The van der Waals surface area contributed by atoms with E-state index in [1.165, 1.54) is 18.5 Å². The number of hydrogen-bond acceptors (Lipinski definition) is 4. The maximum Gasteiger partial charge on any atom is 0.337 e. The summed E-state index contributed by atoms with van der Waals surface area (Å²) in [5, 5.41) is 14.0. The number of amides is 2. The van der Waals surface area contributed by atoms with Gasteiger partial charge in [-0.25, -0.2) is 14.5 Å². The zero-order valence-electron chi connectivity index (χ0n) is 20.2. The number of carbonyl (C=O) groups is 1. The summed E-state index contributed by atoms with van der Waals surface area (Å²) in [6, 6.07) is 16.3. The first kappa shape index (κ1) is 22.2. The molecule has 1 aliphatic heterocycles. The molecule has 0 bridgehead atoms. The molecule has 1 saturated carbocycles. The first-order valence-corrected chi connectivity index (χ1v) is 12.0. The average molecular weight is 458 g/mol. The van der Waals surface area contributed by atoms with E-state index in [1.807, 2.05) is 19.1 Å². The van der Waals surface area contributed by atoms with Crippen LogP contribution in [0, 0.1) is 0 Å². The van der Waals surface area contributed by atoms with Gasteiger partial charge in [0.05, 0.1) is 30.2 Å². The molecular weight excluding hydrogens is 426 g/mol. The molecule has 2 aromatic carbocycles. The lowest BCUT2D eigenvalue weighted by atomic mass is 9.94. The third-order valence-electron chi connectivity index (χ3n) is 6.67. The van der Waals surface area contributed by atoms with Crippen molar-refractivity contribution in [1.82, 2.24) is 20.1 Å². The molecule has 3 aromatic rings. The van der Waals surface area contributed by atoms with Gasteiger partial charge in [-0.3, -0.25) is 0 Å². The van der Waals surface area contributed by atoms with Gasteiger partial charge >= 0.3 is 6.03 Å². The number of aromatic nitrogens is 2. The van der Waals surface area contributed by atoms with Gasteiger partial charge in [0.2, 0.25) is 0 Å². The van der Waals surface area contributed by atoms with Crippen LogP contribution in [-0.4, -0.2) is 46.7 Å². The third-order valence-corrected chi connectivity index (χ3v) is 6.67. The maximum atomic E-state index is 12.6. The van der Waals surface area contributed by atoms with Crippen LogP contribution in [0.15, 0.2) is 53.6 Å². The summed E-state index contributed by atoms with van der Waals surface area (Å²) >= 11 is 0. The van der Waals surface area contributed by atoms with Crippen molar-refractivity contribution in [2.75, 3.05) is 14.2 Å². The van der Waals surface area contributed by atoms with Crippen LogP contribution in [0.5, 0.6) is 5.75 Å². The van der Waals surface area contributed by atoms with Crippen molar-refractivity contribution >= 4 is 11.7 Å². The molecule has 1 aliphatic carbocycles. The average Bonchev–Trinajstić information content (AvgIpc) is 3.65. The zero-order chi connectivity index (χ0) is 23.8. The maximum absolute atomic E-state index is 12.6. The van der Waals surface area contributed by atoms with Crippen LogP contribution >= 0.6 is 0 Å². The van der Waals surface area contributed by atoms with Crippen molar-refractivity contribution in [2.24, 2.45) is 5.10 Å². The number of aryl methyl sites for hydroxylation is 1. The molecule has 1 atom stereocenters. The number of hydrazone groups is 1. The molecule has 2 heterocycles. The van der Waals surface area contributed by atoms with E-state index >= 15 is 0 Å². The molecule has 5 rings (SSSR count). The number of ether oxygens (including phenoxy) is 1. The topological polar surface area (TPSA) is 71.8 Å². The van der Waals surface area contributed by atoms with Crippen molar-refractivity contribution < 1.29 is 9.53 Å². The Balaban J connectivity index is 1.58. The highest BCUT2D eigenvalue weighted by Crippen LogP contribution is 2.41. The summed E-state index contributed by atoms with van der Waals surface area (Å²) in [5.74, 6) is 1.38. The first-order chi connectivity index (χ1) is 16.5. The van der Waals surface area contributed by atoms with Gasteiger partial charge in [-0.1, -0.05) is 25.1 Å². The van der Waals surface area contributed by atoms with Crippen molar-refractivity contribution in [3.63, 3.8) is 0 Å². The van der Waals surface area contributed by atoms with Gasteiger partial charge in [0, 0.05) is 29.8 Å². The molecule has 2 amide bonds. The fourth-order valence-electron chi connectivity index (χ4n) is 4.58. The Labute approximate surface area is 200 Å². The number of benzene rings is 2. The van der Waals surface area contributed by atoms with Gasteiger partial charge in [0.25, 0.3) is 0 Å². The van der Waals surface area contributed by atoms with Crippen molar-refractivity contribution in [3.05, 3.63) is 76.6 Å². The predicted molar refractivity (Wildman–Crippen MR) is 133 cm³/mol. The highest BCUT2D eigenvalue weighted by atomic mass is 16.5. The zero-order valence-corrected chi connectivity index (χ0v) is 20.2. The summed E-state index contributed by atoms with van der Waals surface area (Å²) in [5.41, 5.74) is 7.28. The summed E-state index contributed by atoms with van der Waals surface area (Å²) in [7, 11) is 3.29. The van der Waals surface area contributed by atoms with Gasteiger partial charge in [0.15, 0.2) is 0 Å². The standard InChI is InChI=1S/C27H31N5O2/c1-5-21-15-25(18-6-7-18)32(29-21)22-11-8-19(9-12-22)26-24-16-23(34-4)13-10-20(24)14-17(2)31(30-26)27(33)28-3/h8-13,15-18H,5-7,14H2,1-4H3,(H,28,33)/t17-/m0/s1. The van der Waals surface area contributed by atoms with Gasteiger partial charge < -0.3 is 10.1 Å². The molecule has 34 heavy (non-hydrogen) atoms. The smallest absolute Gasteiger partial charge is 0.337 e.